The summed E-state index contributed by atoms with van der Waals surface area (Å²) >= 11 is 0. The summed E-state index contributed by atoms with van der Waals surface area (Å²) in [7, 11) is 0. The van der Waals surface area contributed by atoms with Crippen molar-refractivity contribution >= 4 is 0 Å². The third kappa shape index (κ3) is 12.4. The normalized spacial score (nSPS) is 10.3. The van der Waals surface area contributed by atoms with E-state index in [9.17, 15) is 0 Å². The van der Waals surface area contributed by atoms with Gasteiger partial charge in [-0.1, -0.05) is 0 Å². The number of halogens is 2. The van der Waals surface area contributed by atoms with E-state index in [0.717, 1.165) is 13.1 Å². The van der Waals surface area contributed by atoms with Crippen LogP contribution >= 0.6 is 0 Å². The van der Waals surface area contributed by atoms with Crippen molar-refractivity contribution in [2.24, 2.45) is 0 Å². The summed E-state index contributed by atoms with van der Waals surface area (Å²) in [5.74, 6) is 0. The highest BCUT2D eigenvalue weighted by molar-refractivity contribution is 5.11. The summed E-state index contributed by atoms with van der Waals surface area (Å²) < 4.78 is 21.2. The second-order valence-electron chi connectivity index (χ2n) is 7.09. The Morgan fingerprint density at radius 2 is 0.793 bits per heavy atom. The van der Waals surface area contributed by atoms with Crippen LogP contribution in [0.4, 0.5) is 0 Å². The van der Waals surface area contributed by atoms with Crippen LogP contribution in [0, 0.1) is 27.7 Å². The molecule has 0 N–H and O–H groups in total. The molecule has 0 amide bonds. The Morgan fingerprint density at radius 1 is 0.517 bits per heavy atom. The van der Waals surface area contributed by atoms with E-state index in [4.69, 9.17) is 14.2 Å². The van der Waals surface area contributed by atoms with Gasteiger partial charge in [-0.3, -0.25) is 0 Å². The maximum Gasteiger partial charge on any atom is 0.171 e. The minimum Gasteiger partial charge on any atom is -1.00 e. The zero-order chi connectivity index (χ0) is 19.5. The van der Waals surface area contributed by atoms with Crippen LogP contribution in [0.2, 0.25) is 0 Å². The third-order valence-corrected chi connectivity index (χ3v) is 4.12. The van der Waals surface area contributed by atoms with Gasteiger partial charge in [0.15, 0.2) is 37.9 Å². The molecule has 0 aliphatic heterocycles. The molecule has 5 nitrogen and oxygen atoms in total. The molecule has 0 fully saturated rings. The van der Waals surface area contributed by atoms with E-state index in [-0.39, 0.29) is 34.0 Å². The molecule has 0 saturated carbocycles. The first kappa shape index (κ1) is 28.1. The van der Waals surface area contributed by atoms with E-state index in [1.807, 2.05) is 0 Å². The van der Waals surface area contributed by atoms with Gasteiger partial charge in [0.05, 0.1) is 26.4 Å². The quantitative estimate of drug-likeness (QED) is 0.208. The lowest BCUT2D eigenvalue weighted by Gasteiger charge is -2.06. The van der Waals surface area contributed by atoms with Gasteiger partial charge in [0.1, 0.15) is 13.2 Å². The molecular weight excluding hydrogens is 500 g/mol. The Kier molecular flexibility index (Phi) is 15.4. The number of rotatable bonds is 12. The van der Waals surface area contributed by atoms with Crippen molar-refractivity contribution in [3.8, 4) is 0 Å². The van der Waals surface area contributed by atoms with Gasteiger partial charge in [-0.25, -0.2) is 9.13 Å². The summed E-state index contributed by atoms with van der Waals surface area (Å²) in [6.07, 6.45) is 8.56. The highest BCUT2D eigenvalue weighted by Crippen LogP contribution is 1.98. The Hall–Kier alpha value is -0.860. The molecule has 7 heteroatoms. The van der Waals surface area contributed by atoms with Crippen LogP contribution in [0.15, 0.2) is 36.9 Å². The number of aromatic nitrogens is 2. The van der Waals surface area contributed by atoms with Gasteiger partial charge in [-0.2, -0.15) is 0 Å². The van der Waals surface area contributed by atoms with Crippen LogP contribution in [0.3, 0.4) is 0 Å². The van der Waals surface area contributed by atoms with Crippen LogP contribution in [0.5, 0.6) is 0 Å². The number of hydrogen-bond donors (Lipinski definition) is 0. The van der Waals surface area contributed by atoms with Crippen molar-refractivity contribution in [1.82, 2.24) is 0 Å². The molecule has 0 aliphatic rings. The molecule has 2 rings (SSSR count). The maximum absolute atomic E-state index is 5.64. The molecule has 164 valence electrons. The van der Waals surface area contributed by atoms with Crippen molar-refractivity contribution in [3.63, 3.8) is 0 Å². The first-order valence-corrected chi connectivity index (χ1v) is 9.71. The molecule has 2 heterocycles. The third-order valence-electron chi connectivity index (χ3n) is 4.12. The van der Waals surface area contributed by atoms with Crippen LogP contribution < -0.4 is 43.1 Å². The minimum atomic E-state index is 0. The SMILES string of the molecule is Cc1cc(C)c[n+](CCOCCOCCOCC[n+]2cc(C)cc(C)c2)c1.[Br-].[Br-]. The standard InChI is InChI=1S/C22H34N2O3.2BrH/c1-19-13-20(2)16-23(15-19)5-7-25-9-11-27-12-10-26-8-6-24-17-21(3)14-22(4)18-24;;/h13-18H,5-12H2,1-4H3;2*1H/q+2;;/p-2. The molecule has 0 atom stereocenters. The molecule has 2 aromatic rings. The van der Waals surface area contributed by atoms with Gasteiger partial charge in [-0.15, -0.1) is 0 Å². The Morgan fingerprint density at radius 3 is 1.10 bits per heavy atom. The van der Waals surface area contributed by atoms with E-state index < -0.39 is 0 Å². The lowest BCUT2D eigenvalue weighted by molar-refractivity contribution is -0.699. The van der Waals surface area contributed by atoms with Crippen molar-refractivity contribution < 1.29 is 57.3 Å². The summed E-state index contributed by atoms with van der Waals surface area (Å²) in [6.45, 7) is 14.0. The van der Waals surface area contributed by atoms with E-state index >= 15 is 0 Å². The minimum absolute atomic E-state index is 0. The topological polar surface area (TPSA) is 35.5 Å². The predicted molar refractivity (Wildman–Crippen MR) is 105 cm³/mol. The monoisotopic (exact) mass is 532 g/mol. The molecule has 2 aromatic heterocycles. The molecule has 0 saturated heterocycles. The molecule has 0 aliphatic carbocycles. The average Bonchev–Trinajstić information content (AvgIpc) is 2.58. The van der Waals surface area contributed by atoms with Crippen LogP contribution in [-0.4, -0.2) is 39.6 Å². The van der Waals surface area contributed by atoms with E-state index in [1.165, 1.54) is 22.3 Å². The van der Waals surface area contributed by atoms with Gasteiger partial charge in [0.25, 0.3) is 0 Å². The smallest absolute Gasteiger partial charge is 0.171 e. The first-order chi connectivity index (χ1) is 13.0. The Labute approximate surface area is 196 Å². The van der Waals surface area contributed by atoms with Crippen molar-refractivity contribution in [2.75, 3.05) is 39.6 Å². The summed E-state index contributed by atoms with van der Waals surface area (Å²) in [5.41, 5.74) is 5.09. The zero-order valence-electron chi connectivity index (χ0n) is 18.0. The van der Waals surface area contributed by atoms with Gasteiger partial charge in [0.2, 0.25) is 0 Å². The lowest BCUT2D eigenvalue weighted by Crippen LogP contribution is -3.00. The summed E-state index contributed by atoms with van der Waals surface area (Å²) in [5, 5.41) is 0. The van der Waals surface area contributed by atoms with Gasteiger partial charge >= 0.3 is 0 Å². The molecular formula is C22H34Br2N2O3. The molecule has 0 spiro atoms. The average molecular weight is 534 g/mol. The van der Waals surface area contributed by atoms with Crippen molar-refractivity contribution in [3.05, 3.63) is 59.2 Å². The Bertz CT molecular complexity index is 614. The zero-order valence-corrected chi connectivity index (χ0v) is 21.2. The fourth-order valence-electron chi connectivity index (χ4n) is 3.13. The second-order valence-corrected chi connectivity index (χ2v) is 7.09. The number of aryl methyl sites for hydroxylation is 4. The predicted octanol–water partition coefficient (Wildman–Crippen LogP) is -3.75. The second kappa shape index (κ2) is 15.9. The number of ether oxygens (including phenoxy) is 3. The summed E-state index contributed by atoms with van der Waals surface area (Å²) in [6, 6.07) is 4.35. The van der Waals surface area contributed by atoms with Crippen LogP contribution in [0.25, 0.3) is 0 Å². The van der Waals surface area contributed by atoms with Crippen molar-refractivity contribution in [2.45, 2.75) is 40.8 Å². The fourth-order valence-corrected chi connectivity index (χ4v) is 3.13. The first-order valence-electron chi connectivity index (χ1n) is 9.71. The number of hydrogen-bond acceptors (Lipinski definition) is 3. The number of pyridine rings is 2. The van der Waals surface area contributed by atoms with Gasteiger partial charge in [0, 0.05) is 22.3 Å². The van der Waals surface area contributed by atoms with Crippen LogP contribution in [0.1, 0.15) is 22.3 Å². The van der Waals surface area contributed by atoms with Crippen molar-refractivity contribution in [1.29, 1.82) is 0 Å². The molecule has 0 radical (unpaired) electrons. The highest BCUT2D eigenvalue weighted by Gasteiger charge is 2.04. The van der Waals surface area contributed by atoms with Gasteiger partial charge in [-0.05, 0) is 39.8 Å². The van der Waals surface area contributed by atoms with E-state index in [1.54, 1.807) is 0 Å². The summed E-state index contributed by atoms with van der Waals surface area (Å²) in [4.78, 5) is 0. The molecule has 0 unspecified atom stereocenters. The molecule has 0 aromatic carbocycles. The largest absolute Gasteiger partial charge is 1.00 e. The Balaban J connectivity index is 0.00000392. The maximum atomic E-state index is 5.64. The number of nitrogens with zero attached hydrogens (tertiary/aromatic N) is 2. The van der Waals surface area contributed by atoms with E-state index in [2.05, 4.69) is 73.7 Å². The molecule has 29 heavy (non-hydrogen) atoms. The molecule has 0 bridgehead atoms. The fraction of sp³-hybridized carbons (Fsp3) is 0.545. The van der Waals surface area contributed by atoms with Crippen LogP contribution in [-0.2, 0) is 27.3 Å². The lowest BCUT2D eigenvalue weighted by atomic mass is 10.2. The van der Waals surface area contributed by atoms with Gasteiger partial charge < -0.3 is 48.2 Å². The highest BCUT2D eigenvalue weighted by atomic mass is 79.9. The van der Waals surface area contributed by atoms with E-state index in [0.29, 0.717) is 39.6 Å².